The summed E-state index contributed by atoms with van der Waals surface area (Å²) in [4.78, 5) is 25.4. The van der Waals surface area contributed by atoms with Gasteiger partial charge in [0.05, 0.1) is 0 Å². The van der Waals surface area contributed by atoms with E-state index < -0.39 is 0 Å². The highest BCUT2D eigenvalue weighted by molar-refractivity contribution is 6.04. The van der Waals surface area contributed by atoms with Crippen LogP contribution in [-0.2, 0) is 0 Å². The standard InChI is InChI=1S/C21H19N7O/c1-13-10-14(2)25-21(24-13)27-17-8-6-15(7-9-17)20(29)26-18-5-3-4-16(11-18)19-22-12-23-28-19/h3-12H,1-2H3,(H,26,29)(H,22,23,28)(H,24,25,27). The molecule has 0 bridgehead atoms. The average Bonchev–Trinajstić information content (AvgIpc) is 3.23. The number of carbonyl (C=O) groups is 1. The van der Waals surface area contributed by atoms with Crippen LogP contribution in [0.4, 0.5) is 17.3 Å². The van der Waals surface area contributed by atoms with Crippen molar-refractivity contribution in [2.75, 3.05) is 10.6 Å². The van der Waals surface area contributed by atoms with Gasteiger partial charge in [0, 0.05) is 33.9 Å². The molecule has 0 spiro atoms. The van der Waals surface area contributed by atoms with Crippen LogP contribution in [0.1, 0.15) is 21.7 Å². The molecular formula is C21H19N7O. The van der Waals surface area contributed by atoms with Gasteiger partial charge in [-0.05, 0) is 56.3 Å². The van der Waals surface area contributed by atoms with Crippen molar-refractivity contribution >= 4 is 23.2 Å². The minimum absolute atomic E-state index is 0.200. The first kappa shape index (κ1) is 18.3. The Hall–Kier alpha value is -4.07. The predicted octanol–water partition coefficient (Wildman–Crippen LogP) is 3.87. The van der Waals surface area contributed by atoms with E-state index in [-0.39, 0.29) is 5.91 Å². The molecule has 0 unspecified atom stereocenters. The van der Waals surface area contributed by atoms with Crippen molar-refractivity contribution in [3.63, 3.8) is 0 Å². The fourth-order valence-electron chi connectivity index (χ4n) is 2.91. The Morgan fingerprint density at radius 2 is 1.69 bits per heavy atom. The van der Waals surface area contributed by atoms with Crippen molar-refractivity contribution in [1.82, 2.24) is 25.1 Å². The van der Waals surface area contributed by atoms with Crippen LogP contribution in [0.15, 0.2) is 60.9 Å². The zero-order valence-corrected chi connectivity index (χ0v) is 16.0. The van der Waals surface area contributed by atoms with E-state index in [1.807, 2.05) is 56.3 Å². The summed E-state index contributed by atoms with van der Waals surface area (Å²) in [5.41, 5.74) is 4.65. The summed E-state index contributed by atoms with van der Waals surface area (Å²) in [5.74, 6) is 0.975. The van der Waals surface area contributed by atoms with Crippen molar-refractivity contribution in [2.24, 2.45) is 0 Å². The van der Waals surface area contributed by atoms with Crippen molar-refractivity contribution in [3.8, 4) is 11.4 Å². The Morgan fingerprint density at radius 3 is 2.38 bits per heavy atom. The van der Waals surface area contributed by atoms with Gasteiger partial charge in [-0.15, -0.1) is 0 Å². The highest BCUT2D eigenvalue weighted by Gasteiger charge is 2.08. The first-order chi connectivity index (χ1) is 14.1. The second-order valence-electron chi connectivity index (χ2n) is 6.55. The number of aromatic amines is 1. The van der Waals surface area contributed by atoms with E-state index in [4.69, 9.17) is 0 Å². The molecule has 0 radical (unpaired) electrons. The Kier molecular flexibility index (Phi) is 4.98. The summed E-state index contributed by atoms with van der Waals surface area (Å²) in [6, 6.07) is 16.5. The number of rotatable bonds is 5. The molecule has 2 aromatic heterocycles. The fourth-order valence-corrected chi connectivity index (χ4v) is 2.91. The van der Waals surface area contributed by atoms with Crippen LogP contribution in [0.5, 0.6) is 0 Å². The van der Waals surface area contributed by atoms with E-state index >= 15 is 0 Å². The Balaban J connectivity index is 1.45. The third-order valence-electron chi connectivity index (χ3n) is 4.19. The summed E-state index contributed by atoms with van der Waals surface area (Å²) < 4.78 is 0. The molecule has 0 saturated carbocycles. The minimum atomic E-state index is -0.200. The molecular weight excluding hydrogens is 366 g/mol. The highest BCUT2D eigenvalue weighted by Crippen LogP contribution is 2.20. The predicted molar refractivity (Wildman–Crippen MR) is 111 cm³/mol. The lowest BCUT2D eigenvalue weighted by Gasteiger charge is -2.09. The van der Waals surface area contributed by atoms with Crippen LogP contribution in [0, 0.1) is 13.8 Å². The number of benzene rings is 2. The lowest BCUT2D eigenvalue weighted by atomic mass is 10.1. The summed E-state index contributed by atoms with van der Waals surface area (Å²) in [6.45, 7) is 3.84. The van der Waals surface area contributed by atoms with Crippen LogP contribution >= 0.6 is 0 Å². The van der Waals surface area contributed by atoms with Gasteiger partial charge in [0.2, 0.25) is 5.95 Å². The van der Waals surface area contributed by atoms with Crippen molar-refractivity contribution < 1.29 is 4.79 Å². The molecule has 0 saturated heterocycles. The summed E-state index contributed by atoms with van der Waals surface area (Å²) in [6.07, 6.45) is 1.44. The molecule has 1 amide bonds. The maximum atomic E-state index is 12.6. The monoisotopic (exact) mass is 385 g/mol. The molecule has 0 aliphatic heterocycles. The number of amides is 1. The normalized spacial score (nSPS) is 10.6. The zero-order chi connectivity index (χ0) is 20.2. The summed E-state index contributed by atoms with van der Waals surface area (Å²) in [5, 5.41) is 12.7. The molecule has 0 fully saturated rings. The molecule has 3 N–H and O–H groups in total. The third-order valence-corrected chi connectivity index (χ3v) is 4.19. The van der Waals surface area contributed by atoms with Gasteiger partial charge in [-0.2, -0.15) is 5.10 Å². The van der Waals surface area contributed by atoms with E-state index in [0.717, 1.165) is 22.6 Å². The molecule has 2 heterocycles. The first-order valence-corrected chi connectivity index (χ1v) is 9.03. The molecule has 2 aromatic carbocycles. The molecule has 8 nitrogen and oxygen atoms in total. The van der Waals surface area contributed by atoms with E-state index in [2.05, 4.69) is 35.8 Å². The number of hydrogen-bond donors (Lipinski definition) is 3. The van der Waals surface area contributed by atoms with Gasteiger partial charge in [-0.25, -0.2) is 15.0 Å². The molecule has 8 heteroatoms. The number of hydrogen-bond acceptors (Lipinski definition) is 6. The smallest absolute Gasteiger partial charge is 0.255 e. The SMILES string of the molecule is Cc1cc(C)nc(Nc2ccc(C(=O)Nc3cccc(-c4ncn[nH]4)c3)cc2)n1. The molecule has 0 aliphatic rings. The quantitative estimate of drug-likeness (QED) is 0.481. The van der Waals surface area contributed by atoms with Crippen LogP contribution in [0.25, 0.3) is 11.4 Å². The number of carbonyl (C=O) groups excluding carboxylic acids is 1. The summed E-state index contributed by atoms with van der Waals surface area (Å²) in [7, 11) is 0. The van der Waals surface area contributed by atoms with Crippen LogP contribution in [0.2, 0.25) is 0 Å². The molecule has 0 aliphatic carbocycles. The molecule has 144 valence electrons. The van der Waals surface area contributed by atoms with Crippen molar-refractivity contribution in [1.29, 1.82) is 0 Å². The number of nitrogens with one attached hydrogen (secondary N) is 3. The van der Waals surface area contributed by atoms with Gasteiger partial charge < -0.3 is 10.6 Å². The maximum absolute atomic E-state index is 12.6. The summed E-state index contributed by atoms with van der Waals surface area (Å²) >= 11 is 0. The minimum Gasteiger partial charge on any atom is -0.324 e. The van der Waals surface area contributed by atoms with Gasteiger partial charge >= 0.3 is 0 Å². The van der Waals surface area contributed by atoms with E-state index in [1.165, 1.54) is 6.33 Å². The molecule has 4 aromatic rings. The molecule has 4 rings (SSSR count). The second-order valence-corrected chi connectivity index (χ2v) is 6.55. The van der Waals surface area contributed by atoms with Gasteiger partial charge in [0.15, 0.2) is 5.82 Å². The molecule has 29 heavy (non-hydrogen) atoms. The van der Waals surface area contributed by atoms with Crippen LogP contribution < -0.4 is 10.6 Å². The maximum Gasteiger partial charge on any atom is 0.255 e. The van der Waals surface area contributed by atoms with E-state index in [1.54, 1.807) is 12.1 Å². The van der Waals surface area contributed by atoms with Gasteiger partial charge in [-0.1, -0.05) is 12.1 Å². The average molecular weight is 385 g/mol. The third kappa shape index (κ3) is 4.44. The largest absolute Gasteiger partial charge is 0.324 e. The van der Waals surface area contributed by atoms with E-state index in [9.17, 15) is 4.79 Å². The lowest BCUT2D eigenvalue weighted by molar-refractivity contribution is 0.102. The Morgan fingerprint density at radius 1 is 0.931 bits per heavy atom. The number of H-pyrrole nitrogens is 1. The first-order valence-electron chi connectivity index (χ1n) is 9.03. The van der Waals surface area contributed by atoms with Crippen LogP contribution in [0.3, 0.4) is 0 Å². The highest BCUT2D eigenvalue weighted by atomic mass is 16.1. The van der Waals surface area contributed by atoms with Gasteiger partial charge in [0.1, 0.15) is 6.33 Å². The van der Waals surface area contributed by atoms with Crippen molar-refractivity contribution in [2.45, 2.75) is 13.8 Å². The zero-order valence-electron chi connectivity index (χ0n) is 16.0. The number of aryl methyl sites for hydroxylation is 2. The topological polar surface area (TPSA) is 108 Å². The number of nitrogens with zero attached hydrogens (tertiary/aromatic N) is 4. The Bertz CT molecular complexity index is 1120. The van der Waals surface area contributed by atoms with Crippen LogP contribution in [-0.4, -0.2) is 31.1 Å². The second kappa shape index (κ2) is 7.89. The number of aromatic nitrogens is 5. The number of anilines is 3. The van der Waals surface area contributed by atoms with Gasteiger partial charge in [-0.3, -0.25) is 9.89 Å². The van der Waals surface area contributed by atoms with Crippen molar-refractivity contribution in [3.05, 3.63) is 77.9 Å². The lowest BCUT2D eigenvalue weighted by Crippen LogP contribution is -2.11. The van der Waals surface area contributed by atoms with Gasteiger partial charge in [0.25, 0.3) is 5.91 Å². The fraction of sp³-hybridized carbons (Fsp3) is 0.0952. The molecule has 0 atom stereocenters. The van der Waals surface area contributed by atoms with E-state index in [0.29, 0.717) is 23.0 Å². The Labute approximate surface area is 167 Å².